The minimum Gasteiger partial charge on any atom is -0.465 e. The molecule has 0 heterocycles. The van der Waals surface area contributed by atoms with E-state index in [4.69, 9.17) is 9.47 Å². The number of fused-ring (bicyclic) bond motifs is 2. The van der Waals surface area contributed by atoms with Crippen molar-refractivity contribution in [2.45, 2.75) is 84.5 Å². The van der Waals surface area contributed by atoms with Gasteiger partial charge in [0, 0.05) is 0 Å². The molecule has 2 rings (SSSR count). The van der Waals surface area contributed by atoms with Crippen LogP contribution >= 0.6 is 0 Å². The molecule has 2 unspecified atom stereocenters. The molecule has 1 fully saturated rings. The van der Waals surface area contributed by atoms with Gasteiger partial charge < -0.3 is 9.47 Å². The first-order valence-corrected chi connectivity index (χ1v) is 10.2. The Labute approximate surface area is 152 Å². The first-order chi connectivity index (χ1) is 12.2. The van der Waals surface area contributed by atoms with E-state index in [-0.39, 0.29) is 23.8 Å². The second-order valence-electron chi connectivity index (χ2n) is 7.42. The summed E-state index contributed by atoms with van der Waals surface area (Å²) in [6.07, 6.45) is 11.5. The van der Waals surface area contributed by atoms with Crippen LogP contribution in [0.25, 0.3) is 0 Å². The fourth-order valence-electron chi connectivity index (χ4n) is 4.01. The highest BCUT2D eigenvalue weighted by Gasteiger charge is 2.47. The van der Waals surface area contributed by atoms with Gasteiger partial charge in [0.15, 0.2) is 0 Å². The van der Waals surface area contributed by atoms with Gasteiger partial charge in [-0.1, -0.05) is 57.9 Å². The van der Waals surface area contributed by atoms with Gasteiger partial charge in [0.1, 0.15) is 0 Å². The third kappa shape index (κ3) is 5.58. The Hall–Kier alpha value is -1.32. The Kier molecular flexibility index (Phi) is 8.50. The minimum absolute atomic E-state index is 0.214. The Balaban J connectivity index is 1.83. The molecule has 0 spiro atoms. The molecule has 0 aromatic carbocycles. The van der Waals surface area contributed by atoms with E-state index in [9.17, 15) is 9.59 Å². The Morgan fingerprint density at radius 3 is 2.20 bits per heavy atom. The van der Waals surface area contributed by atoms with E-state index in [1.165, 1.54) is 19.3 Å². The van der Waals surface area contributed by atoms with Crippen molar-refractivity contribution in [3.8, 4) is 0 Å². The molecular formula is C21H34O4. The van der Waals surface area contributed by atoms with E-state index in [0.717, 1.165) is 56.9 Å². The van der Waals surface area contributed by atoms with Crippen molar-refractivity contribution < 1.29 is 19.1 Å². The number of ether oxygens (including phenoxy) is 2. The average Bonchev–Trinajstić information content (AvgIpc) is 3.22. The molecule has 0 radical (unpaired) electrons. The van der Waals surface area contributed by atoms with E-state index < -0.39 is 0 Å². The number of rotatable bonds is 12. The number of carbonyl (C=O) groups is 2. The van der Waals surface area contributed by atoms with E-state index in [1.807, 2.05) is 0 Å². The van der Waals surface area contributed by atoms with Crippen molar-refractivity contribution in [1.29, 1.82) is 0 Å². The van der Waals surface area contributed by atoms with Gasteiger partial charge in [0.05, 0.1) is 24.7 Å². The maximum absolute atomic E-state index is 12.5. The monoisotopic (exact) mass is 350 g/mol. The molecule has 2 aliphatic carbocycles. The van der Waals surface area contributed by atoms with Crippen LogP contribution in [0.2, 0.25) is 0 Å². The largest absolute Gasteiger partial charge is 0.465 e. The molecule has 2 bridgehead atoms. The van der Waals surface area contributed by atoms with Crippen LogP contribution < -0.4 is 0 Å². The van der Waals surface area contributed by atoms with Crippen molar-refractivity contribution >= 4 is 11.9 Å². The number of hydrogen-bond acceptors (Lipinski definition) is 4. The summed E-state index contributed by atoms with van der Waals surface area (Å²) in [4.78, 5) is 25.0. The summed E-state index contributed by atoms with van der Waals surface area (Å²) in [7, 11) is 0. The van der Waals surface area contributed by atoms with E-state index in [1.54, 1.807) is 0 Å². The molecule has 1 saturated carbocycles. The van der Waals surface area contributed by atoms with Gasteiger partial charge in [-0.15, -0.1) is 0 Å². The van der Waals surface area contributed by atoms with Gasteiger partial charge in [-0.2, -0.15) is 0 Å². The van der Waals surface area contributed by atoms with Gasteiger partial charge in [-0.25, -0.2) is 4.79 Å². The van der Waals surface area contributed by atoms with Crippen LogP contribution in [0.3, 0.4) is 0 Å². The lowest BCUT2D eigenvalue weighted by atomic mass is 9.86. The predicted molar refractivity (Wildman–Crippen MR) is 98.1 cm³/mol. The van der Waals surface area contributed by atoms with Crippen LogP contribution in [0.5, 0.6) is 0 Å². The van der Waals surface area contributed by atoms with E-state index in [2.05, 4.69) is 13.8 Å². The molecule has 0 saturated heterocycles. The molecule has 142 valence electrons. The van der Waals surface area contributed by atoms with Crippen molar-refractivity contribution in [2.24, 2.45) is 11.8 Å². The molecule has 25 heavy (non-hydrogen) atoms. The molecule has 0 aromatic rings. The number of unbranched alkanes of at least 4 members (excludes halogenated alkanes) is 6. The maximum Gasteiger partial charge on any atom is 0.334 e. The Morgan fingerprint density at radius 2 is 1.56 bits per heavy atom. The summed E-state index contributed by atoms with van der Waals surface area (Å²) in [5, 5.41) is 0. The summed E-state index contributed by atoms with van der Waals surface area (Å²) >= 11 is 0. The van der Waals surface area contributed by atoms with Crippen LogP contribution in [-0.2, 0) is 19.1 Å². The number of hydrogen-bond donors (Lipinski definition) is 0. The number of carbonyl (C=O) groups excluding carboxylic acids is 2. The predicted octanol–water partition coefficient (Wildman–Crippen LogP) is 4.96. The molecule has 2 aliphatic rings. The fourth-order valence-corrected chi connectivity index (χ4v) is 4.01. The first kappa shape index (κ1) is 20.0. The normalized spacial score (nSPS) is 21.7. The SMILES string of the molecule is CCCCCCOC(=O)C1=C2CCC(C2)C1C(=O)OCCCCCC. The molecular weight excluding hydrogens is 316 g/mol. The van der Waals surface area contributed by atoms with Gasteiger partial charge in [0.2, 0.25) is 0 Å². The highest BCUT2D eigenvalue weighted by atomic mass is 16.5. The molecule has 2 atom stereocenters. The molecule has 4 nitrogen and oxygen atoms in total. The van der Waals surface area contributed by atoms with Crippen LogP contribution in [0.4, 0.5) is 0 Å². The maximum atomic E-state index is 12.5. The van der Waals surface area contributed by atoms with E-state index >= 15 is 0 Å². The Bertz CT molecular complexity index is 480. The summed E-state index contributed by atoms with van der Waals surface area (Å²) in [5.41, 5.74) is 1.77. The fraction of sp³-hybridized carbons (Fsp3) is 0.810. The highest BCUT2D eigenvalue weighted by Crippen LogP contribution is 2.49. The second kappa shape index (κ2) is 10.6. The highest BCUT2D eigenvalue weighted by molar-refractivity contribution is 5.97. The quantitative estimate of drug-likeness (QED) is 0.369. The lowest BCUT2D eigenvalue weighted by Gasteiger charge is -2.22. The van der Waals surface area contributed by atoms with Crippen molar-refractivity contribution in [2.75, 3.05) is 13.2 Å². The van der Waals surface area contributed by atoms with Crippen molar-refractivity contribution in [1.82, 2.24) is 0 Å². The molecule has 0 aliphatic heterocycles. The zero-order chi connectivity index (χ0) is 18.1. The van der Waals surface area contributed by atoms with Crippen molar-refractivity contribution in [3.05, 3.63) is 11.1 Å². The van der Waals surface area contributed by atoms with Crippen molar-refractivity contribution in [3.63, 3.8) is 0 Å². The van der Waals surface area contributed by atoms with Gasteiger partial charge in [-0.3, -0.25) is 4.79 Å². The van der Waals surface area contributed by atoms with E-state index in [0.29, 0.717) is 18.8 Å². The van der Waals surface area contributed by atoms with Crippen LogP contribution in [-0.4, -0.2) is 25.2 Å². The third-order valence-electron chi connectivity index (χ3n) is 5.44. The number of allylic oxidation sites excluding steroid dienone is 1. The molecule has 0 amide bonds. The average molecular weight is 350 g/mol. The summed E-state index contributed by atoms with van der Waals surface area (Å²) < 4.78 is 10.9. The zero-order valence-corrected chi connectivity index (χ0v) is 16.0. The zero-order valence-electron chi connectivity index (χ0n) is 16.0. The minimum atomic E-state index is -0.377. The number of esters is 2. The van der Waals surface area contributed by atoms with Crippen LogP contribution in [0.15, 0.2) is 11.1 Å². The molecule has 0 aromatic heterocycles. The molecule has 0 N–H and O–H groups in total. The van der Waals surface area contributed by atoms with Crippen LogP contribution in [0.1, 0.15) is 84.5 Å². The van der Waals surface area contributed by atoms with Crippen LogP contribution in [0, 0.1) is 11.8 Å². The smallest absolute Gasteiger partial charge is 0.334 e. The third-order valence-corrected chi connectivity index (χ3v) is 5.44. The standard InChI is InChI=1S/C21H34O4/c1-3-5-7-9-13-24-20(22)18-16-11-12-17(15-16)19(18)21(23)25-14-10-8-6-4-2/h16,18H,3-15H2,1-2H3. The van der Waals surface area contributed by atoms with Gasteiger partial charge in [0.25, 0.3) is 0 Å². The second-order valence-corrected chi connectivity index (χ2v) is 7.42. The summed E-state index contributed by atoms with van der Waals surface area (Å²) in [5.74, 6) is -0.616. The summed E-state index contributed by atoms with van der Waals surface area (Å²) in [6, 6.07) is 0. The van der Waals surface area contributed by atoms with Gasteiger partial charge in [-0.05, 0) is 38.0 Å². The first-order valence-electron chi connectivity index (χ1n) is 10.2. The topological polar surface area (TPSA) is 52.6 Å². The molecule has 4 heteroatoms. The Morgan fingerprint density at radius 1 is 0.920 bits per heavy atom. The van der Waals surface area contributed by atoms with Gasteiger partial charge >= 0.3 is 11.9 Å². The lowest BCUT2D eigenvalue weighted by Crippen LogP contribution is -2.29. The summed E-state index contributed by atoms with van der Waals surface area (Å²) in [6.45, 7) is 5.25. The lowest BCUT2D eigenvalue weighted by molar-refractivity contribution is -0.152.